The number of unbranched alkanes of at least 4 members (excludes halogenated alkanes) is 1. The van der Waals surface area contributed by atoms with E-state index in [9.17, 15) is 14.7 Å². The Bertz CT molecular complexity index is 1240. The molecule has 2 aliphatic rings. The smallest absolute Gasteiger partial charge is 0.336 e. The Morgan fingerprint density at radius 1 is 1.13 bits per heavy atom. The summed E-state index contributed by atoms with van der Waals surface area (Å²) in [4.78, 5) is 26.9. The van der Waals surface area contributed by atoms with Gasteiger partial charge in [0.05, 0.1) is 5.56 Å². The summed E-state index contributed by atoms with van der Waals surface area (Å²) in [6.45, 7) is 5.06. The van der Waals surface area contributed by atoms with Crippen LogP contribution in [0.3, 0.4) is 0 Å². The van der Waals surface area contributed by atoms with Crippen molar-refractivity contribution in [3.8, 4) is 5.75 Å². The molecule has 6 nitrogen and oxygen atoms in total. The molecule has 31 heavy (non-hydrogen) atoms. The number of rotatable bonds is 5. The summed E-state index contributed by atoms with van der Waals surface area (Å²) in [5.41, 5.74) is 2.98. The average molecular weight is 421 g/mol. The topological polar surface area (TPSA) is 75.7 Å². The number of aromatic hydroxyl groups is 1. The minimum Gasteiger partial charge on any atom is -0.507 e. The molecule has 3 aromatic rings. The number of hydrogen-bond acceptors (Lipinski definition) is 5. The van der Waals surface area contributed by atoms with Crippen molar-refractivity contribution in [3.63, 3.8) is 0 Å². The van der Waals surface area contributed by atoms with Crippen molar-refractivity contribution in [2.24, 2.45) is 5.92 Å². The van der Waals surface area contributed by atoms with Crippen LogP contribution in [0.1, 0.15) is 48.9 Å². The van der Waals surface area contributed by atoms with Crippen molar-refractivity contribution < 1.29 is 9.52 Å². The molecule has 2 aliphatic heterocycles. The third-order valence-electron chi connectivity index (χ3n) is 6.81. The molecule has 5 rings (SSSR count). The number of phenolic OH excluding ortho intramolecular Hbond substituents is 1. The summed E-state index contributed by atoms with van der Waals surface area (Å²) in [6, 6.07) is 10.7. The maximum absolute atomic E-state index is 12.3. The van der Waals surface area contributed by atoms with Gasteiger partial charge in [0.1, 0.15) is 11.3 Å². The van der Waals surface area contributed by atoms with Gasteiger partial charge in [-0.1, -0.05) is 19.4 Å². The summed E-state index contributed by atoms with van der Waals surface area (Å²) in [6.07, 6.45) is 3.96. The summed E-state index contributed by atoms with van der Waals surface area (Å²) < 4.78 is 7.54. The number of aromatic nitrogens is 1. The molecule has 0 saturated carbocycles. The number of likely N-dealkylation sites (tertiary alicyclic amines) is 1. The minimum absolute atomic E-state index is 0.0775. The maximum atomic E-state index is 12.3. The van der Waals surface area contributed by atoms with E-state index in [4.69, 9.17) is 4.42 Å². The fourth-order valence-electron chi connectivity index (χ4n) is 5.41. The predicted molar refractivity (Wildman–Crippen MR) is 120 cm³/mol. The van der Waals surface area contributed by atoms with Crippen LogP contribution in [0.25, 0.3) is 11.0 Å². The molecule has 162 valence electrons. The number of aryl methyl sites for hydroxylation is 1. The van der Waals surface area contributed by atoms with Gasteiger partial charge in [0, 0.05) is 55.3 Å². The van der Waals surface area contributed by atoms with E-state index in [-0.39, 0.29) is 16.9 Å². The number of hydrogen-bond donors (Lipinski definition) is 1. The summed E-state index contributed by atoms with van der Waals surface area (Å²) in [5.74, 6) is 0.858. The molecule has 0 unspecified atom stereocenters. The maximum Gasteiger partial charge on any atom is 0.336 e. The second kappa shape index (κ2) is 8.00. The highest BCUT2D eigenvalue weighted by Crippen LogP contribution is 2.37. The molecule has 0 aliphatic carbocycles. The molecule has 1 N–H and O–H groups in total. The normalized spacial score (nSPS) is 20.7. The molecule has 0 radical (unpaired) electrons. The van der Waals surface area contributed by atoms with E-state index in [0.717, 1.165) is 62.0 Å². The number of pyridine rings is 1. The fraction of sp³-hybridized carbons (Fsp3) is 0.440. The molecule has 2 atom stereocenters. The highest BCUT2D eigenvalue weighted by molar-refractivity contribution is 5.85. The quantitative estimate of drug-likeness (QED) is 0.638. The van der Waals surface area contributed by atoms with E-state index >= 15 is 0 Å². The predicted octanol–water partition coefficient (Wildman–Crippen LogP) is 3.62. The molecule has 2 bridgehead atoms. The highest BCUT2D eigenvalue weighted by Gasteiger charge is 2.35. The highest BCUT2D eigenvalue weighted by atomic mass is 16.4. The monoisotopic (exact) mass is 420 g/mol. The van der Waals surface area contributed by atoms with Crippen molar-refractivity contribution >= 4 is 11.0 Å². The number of phenols is 1. The Morgan fingerprint density at radius 2 is 2.00 bits per heavy atom. The Balaban J connectivity index is 1.49. The van der Waals surface area contributed by atoms with Crippen molar-refractivity contribution in [1.29, 1.82) is 0 Å². The lowest BCUT2D eigenvalue weighted by atomic mass is 9.83. The first kappa shape index (κ1) is 20.1. The van der Waals surface area contributed by atoms with Crippen molar-refractivity contribution in [2.75, 3.05) is 13.1 Å². The van der Waals surface area contributed by atoms with E-state index in [0.29, 0.717) is 29.5 Å². The van der Waals surface area contributed by atoms with Crippen molar-refractivity contribution in [1.82, 2.24) is 9.47 Å². The molecule has 1 saturated heterocycles. The third-order valence-corrected chi connectivity index (χ3v) is 6.81. The second-order valence-corrected chi connectivity index (χ2v) is 9.03. The van der Waals surface area contributed by atoms with Gasteiger partial charge in [0.25, 0.3) is 5.56 Å². The van der Waals surface area contributed by atoms with Crippen LogP contribution >= 0.6 is 0 Å². The standard InChI is InChI=1S/C25H28N2O4/c1-2-3-5-17-11-24(30)31-25-19(17)8-9-22(28)20(25)15-26-12-16-10-18(14-26)21-6-4-7-23(29)27(21)13-16/h4,6-9,11,16,18,28H,2-3,5,10,12-15H2,1H3/t16-,18+/m1/s1. The molecule has 2 aromatic heterocycles. The van der Waals surface area contributed by atoms with Crippen molar-refractivity contribution in [2.45, 2.75) is 51.6 Å². The molecule has 1 fully saturated rings. The molecule has 1 aromatic carbocycles. The number of fused-ring (bicyclic) bond motifs is 5. The van der Waals surface area contributed by atoms with Gasteiger partial charge in [-0.15, -0.1) is 0 Å². The van der Waals surface area contributed by atoms with Gasteiger partial charge >= 0.3 is 5.63 Å². The molecular weight excluding hydrogens is 392 g/mol. The van der Waals surface area contributed by atoms with Gasteiger partial charge in [0.2, 0.25) is 0 Å². The van der Waals surface area contributed by atoms with E-state index in [1.54, 1.807) is 18.2 Å². The van der Waals surface area contributed by atoms with Gasteiger partial charge in [-0.25, -0.2) is 4.79 Å². The van der Waals surface area contributed by atoms with Crippen LogP contribution in [0.15, 0.2) is 50.4 Å². The molecule has 0 spiro atoms. The molecular formula is C25H28N2O4. The molecule has 4 heterocycles. The number of nitrogens with zero attached hydrogens (tertiary/aromatic N) is 2. The van der Waals surface area contributed by atoms with Crippen LogP contribution in [0, 0.1) is 5.92 Å². The number of piperidine rings is 1. The van der Waals surface area contributed by atoms with Crippen LogP contribution in [0.4, 0.5) is 0 Å². The average Bonchev–Trinajstić information content (AvgIpc) is 2.75. The Hall–Kier alpha value is -2.86. The fourth-order valence-corrected chi connectivity index (χ4v) is 5.41. The SMILES string of the molecule is CCCCc1cc(=O)oc2c(CN3C[C@H]4C[C@@H](C3)c3cccc(=O)n3C4)c(O)ccc12. The largest absolute Gasteiger partial charge is 0.507 e. The van der Waals surface area contributed by atoms with Crippen LogP contribution in [-0.4, -0.2) is 27.7 Å². The first-order valence-electron chi connectivity index (χ1n) is 11.2. The number of benzene rings is 1. The van der Waals surface area contributed by atoms with Gasteiger partial charge in [-0.2, -0.15) is 0 Å². The van der Waals surface area contributed by atoms with Crippen LogP contribution < -0.4 is 11.2 Å². The lowest BCUT2D eigenvalue weighted by Gasteiger charge is -2.42. The third kappa shape index (κ3) is 3.69. The zero-order valence-electron chi connectivity index (χ0n) is 17.8. The van der Waals surface area contributed by atoms with E-state index in [2.05, 4.69) is 17.9 Å². The van der Waals surface area contributed by atoms with E-state index in [1.807, 2.05) is 16.7 Å². The Labute approximate surface area is 180 Å². The lowest BCUT2D eigenvalue weighted by Crippen LogP contribution is -2.46. The van der Waals surface area contributed by atoms with E-state index in [1.165, 1.54) is 0 Å². The first-order chi connectivity index (χ1) is 15.0. The van der Waals surface area contributed by atoms with Crippen LogP contribution in [0.2, 0.25) is 0 Å². The van der Waals surface area contributed by atoms with Crippen molar-refractivity contribution in [3.05, 3.63) is 74.0 Å². The van der Waals surface area contributed by atoms with Crippen LogP contribution in [-0.2, 0) is 19.5 Å². The molecule has 6 heteroatoms. The van der Waals surface area contributed by atoms with Gasteiger partial charge in [-0.05, 0) is 48.9 Å². The van der Waals surface area contributed by atoms with Crippen LogP contribution in [0.5, 0.6) is 5.75 Å². The zero-order chi connectivity index (χ0) is 21.5. The minimum atomic E-state index is -0.366. The summed E-state index contributed by atoms with van der Waals surface area (Å²) in [7, 11) is 0. The Kier molecular flexibility index (Phi) is 5.18. The second-order valence-electron chi connectivity index (χ2n) is 9.03. The van der Waals surface area contributed by atoms with E-state index < -0.39 is 0 Å². The van der Waals surface area contributed by atoms with Gasteiger partial charge < -0.3 is 14.1 Å². The summed E-state index contributed by atoms with van der Waals surface area (Å²) >= 11 is 0. The zero-order valence-corrected chi connectivity index (χ0v) is 17.8. The van der Waals surface area contributed by atoms with Gasteiger partial charge in [0.15, 0.2) is 0 Å². The lowest BCUT2D eigenvalue weighted by molar-refractivity contribution is 0.113. The first-order valence-corrected chi connectivity index (χ1v) is 11.2. The summed E-state index contributed by atoms with van der Waals surface area (Å²) in [5, 5.41) is 11.6. The molecule has 0 amide bonds. The Morgan fingerprint density at radius 3 is 2.84 bits per heavy atom. The van der Waals surface area contributed by atoms with Gasteiger partial charge in [-0.3, -0.25) is 9.69 Å².